The summed E-state index contributed by atoms with van der Waals surface area (Å²) in [4.78, 5) is 12.1. The van der Waals surface area contributed by atoms with Gasteiger partial charge in [-0.1, -0.05) is 12.1 Å². The number of carbonyl (C=O) groups excluding carboxylic acids is 1. The first-order chi connectivity index (χ1) is 14.4. The van der Waals surface area contributed by atoms with Crippen molar-refractivity contribution in [3.63, 3.8) is 0 Å². The second-order valence-corrected chi connectivity index (χ2v) is 8.37. The summed E-state index contributed by atoms with van der Waals surface area (Å²) in [7, 11) is -4.42. The SMILES string of the molecule is COc1ccc2c(c1)c(CC(=O)NS(=O)(=O)C(F)(F)F)cn2C(O)c1c#cc(C)cc1. The second-order valence-electron chi connectivity index (χ2n) is 6.69. The van der Waals surface area contributed by atoms with Crippen LogP contribution < -0.4 is 9.46 Å². The van der Waals surface area contributed by atoms with Crippen molar-refractivity contribution in [1.82, 2.24) is 9.29 Å². The first kappa shape index (κ1) is 22.5. The molecule has 1 amide bonds. The van der Waals surface area contributed by atoms with E-state index in [0.717, 1.165) is 10.3 Å². The fourth-order valence-electron chi connectivity index (χ4n) is 2.96. The van der Waals surface area contributed by atoms with Crippen LogP contribution >= 0.6 is 0 Å². The van der Waals surface area contributed by atoms with Crippen molar-refractivity contribution < 1.29 is 36.2 Å². The second kappa shape index (κ2) is 8.13. The molecule has 0 fully saturated rings. The van der Waals surface area contributed by atoms with Crippen LogP contribution in [-0.2, 0) is 21.2 Å². The summed E-state index contributed by atoms with van der Waals surface area (Å²) in [6.45, 7) is 1.80. The van der Waals surface area contributed by atoms with Gasteiger partial charge in [-0.15, -0.1) is 0 Å². The van der Waals surface area contributed by atoms with Crippen molar-refractivity contribution in [2.45, 2.75) is 25.1 Å². The number of hydrogen-bond acceptors (Lipinski definition) is 5. The zero-order valence-corrected chi connectivity index (χ0v) is 17.1. The molecule has 0 bridgehead atoms. The Morgan fingerprint density at radius 2 is 1.97 bits per heavy atom. The molecular weight excluding hydrogens is 437 g/mol. The van der Waals surface area contributed by atoms with Gasteiger partial charge in [-0.05, 0) is 48.4 Å². The summed E-state index contributed by atoms with van der Waals surface area (Å²) in [5.74, 6) is -0.969. The normalized spacial score (nSPS) is 13.0. The number of nitrogens with one attached hydrogen (secondary N) is 1. The van der Waals surface area contributed by atoms with E-state index in [1.807, 2.05) is 0 Å². The lowest BCUT2D eigenvalue weighted by atomic mass is 10.1. The Balaban J connectivity index is 2.01. The molecule has 11 heteroatoms. The Labute approximate surface area is 176 Å². The summed E-state index contributed by atoms with van der Waals surface area (Å²) in [6.07, 6.45) is -0.548. The molecule has 0 saturated heterocycles. The van der Waals surface area contributed by atoms with Gasteiger partial charge >= 0.3 is 15.5 Å². The van der Waals surface area contributed by atoms with Gasteiger partial charge in [-0.3, -0.25) is 4.79 Å². The van der Waals surface area contributed by atoms with E-state index in [9.17, 15) is 31.5 Å². The van der Waals surface area contributed by atoms with Gasteiger partial charge in [-0.25, -0.2) is 4.72 Å². The van der Waals surface area contributed by atoms with Crippen LogP contribution in [0.1, 0.15) is 22.9 Å². The molecule has 164 valence electrons. The van der Waals surface area contributed by atoms with Gasteiger partial charge in [0.2, 0.25) is 5.91 Å². The molecule has 0 radical (unpaired) electrons. The number of amides is 1. The molecule has 1 heterocycles. The van der Waals surface area contributed by atoms with Crippen LogP contribution in [0.25, 0.3) is 10.9 Å². The van der Waals surface area contributed by atoms with Crippen LogP contribution in [0.4, 0.5) is 13.2 Å². The van der Waals surface area contributed by atoms with Crippen molar-refractivity contribution >= 4 is 26.8 Å². The van der Waals surface area contributed by atoms with Gasteiger partial charge in [0.1, 0.15) is 5.75 Å². The zero-order valence-electron chi connectivity index (χ0n) is 16.3. The monoisotopic (exact) mass is 454 g/mol. The first-order valence-corrected chi connectivity index (χ1v) is 10.3. The van der Waals surface area contributed by atoms with Crippen LogP contribution in [0.5, 0.6) is 5.75 Å². The van der Waals surface area contributed by atoms with E-state index in [1.54, 1.807) is 31.2 Å². The van der Waals surface area contributed by atoms with E-state index < -0.39 is 34.1 Å². The summed E-state index contributed by atoms with van der Waals surface area (Å²) in [5.41, 5.74) is -3.80. The molecule has 2 N–H and O–H groups in total. The molecule has 1 unspecified atom stereocenters. The molecule has 7 nitrogen and oxygen atoms in total. The van der Waals surface area contributed by atoms with E-state index in [4.69, 9.17) is 4.74 Å². The van der Waals surface area contributed by atoms with Gasteiger partial charge < -0.3 is 14.4 Å². The van der Waals surface area contributed by atoms with Gasteiger partial charge in [0.05, 0.1) is 24.6 Å². The van der Waals surface area contributed by atoms with E-state index in [2.05, 4.69) is 12.1 Å². The number of fused-ring (bicyclic) bond motifs is 1. The van der Waals surface area contributed by atoms with E-state index >= 15 is 0 Å². The zero-order chi connectivity index (χ0) is 23.0. The number of sulfonamides is 1. The number of aryl methyl sites for hydroxylation is 1. The van der Waals surface area contributed by atoms with E-state index in [1.165, 1.54) is 23.9 Å². The van der Waals surface area contributed by atoms with Crippen LogP contribution in [0.15, 0.2) is 36.5 Å². The molecule has 3 aromatic rings. The highest BCUT2D eigenvalue weighted by molar-refractivity contribution is 7.90. The highest BCUT2D eigenvalue weighted by atomic mass is 32.2. The van der Waals surface area contributed by atoms with Crippen molar-refractivity contribution in [3.8, 4) is 5.75 Å². The Morgan fingerprint density at radius 1 is 1.26 bits per heavy atom. The molecule has 0 aliphatic rings. The molecule has 2 aromatic carbocycles. The van der Waals surface area contributed by atoms with Crippen molar-refractivity contribution in [2.75, 3.05) is 7.11 Å². The molecule has 31 heavy (non-hydrogen) atoms. The average molecular weight is 454 g/mol. The lowest BCUT2D eigenvalue weighted by Gasteiger charge is -2.13. The van der Waals surface area contributed by atoms with Crippen LogP contribution in [0, 0.1) is 19.1 Å². The number of ether oxygens (including phenoxy) is 1. The van der Waals surface area contributed by atoms with Crippen LogP contribution in [0.2, 0.25) is 0 Å². The van der Waals surface area contributed by atoms with Crippen LogP contribution in [-0.4, -0.2) is 36.6 Å². The lowest BCUT2D eigenvalue weighted by Crippen LogP contribution is -2.40. The number of rotatable bonds is 6. The molecule has 0 spiro atoms. The van der Waals surface area contributed by atoms with Crippen molar-refractivity contribution in [3.05, 3.63) is 65.4 Å². The van der Waals surface area contributed by atoms with Gasteiger partial charge in [0.15, 0.2) is 6.23 Å². The molecule has 0 aliphatic carbocycles. The van der Waals surface area contributed by atoms with Crippen molar-refractivity contribution in [2.24, 2.45) is 0 Å². The predicted molar refractivity (Wildman–Crippen MR) is 105 cm³/mol. The summed E-state index contributed by atoms with van der Waals surface area (Å²) in [5, 5.41) is 11.2. The molecule has 0 saturated carbocycles. The Kier molecular flexibility index (Phi) is 5.89. The topological polar surface area (TPSA) is 97.6 Å². The minimum absolute atomic E-state index is 0.193. The predicted octanol–water partition coefficient (Wildman–Crippen LogP) is 2.61. The number of hydrogen-bond donors (Lipinski definition) is 2. The van der Waals surface area contributed by atoms with Gasteiger partial charge in [0.25, 0.3) is 0 Å². The van der Waals surface area contributed by atoms with Crippen LogP contribution in [0.3, 0.4) is 0 Å². The largest absolute Gasteiger partial charge is 0.516 e. The summed E-state index contributed by atoms with van der Waals surface area (Å²) >= 11 is 0. The number of methoxy groups -OCH3 is 1. The maximum atomic E-state index is 12.5. The summed E-state index contributed by atoms with van der Waals surface area (Å²) in [6, 6.07) is 13.7. The number of carbonyl (C=O) groups is 1. The fourth-order valence-corrected chi connectivity index (χ4v) is 3.45. The number of nitrogens with zero attached hydrogens (tertiary/aromatic N) is 1. The first-order valence-electron chi connectivity index (χ1n) is 8.81. The van der Waals surface area contributed by atoms with Crippen molar-refractivity contribution in [1.29, 1.82) is 0 Å². The molecule has 1 aromatic heterocycles. The minimum Gasteiger partial charge on any atom is -0.497 e. The Morgan fingerprint density at radius 3 is 2.55 bits per heavy atom. The number of aromatic nitrogens is 1. The number of alkyl halides is 3. The van der Waals surface area contributed by atoms with E-state index in [-0.39, 0.29) is 5.56 Å². The number of aliphatic hydroxyl groups excluding tert-OH is 1. The Bertz CT molecular complexity index is 1220. The number of aliphatic hydroxyl groups is 1. The minimum atomic E-state index is -5.83. The highest BCUT2D eigenvalue weighted by Gasteiger charge is 2.47. The number of halogens is 3. The summed E-state index contributed by atoms with van der Waals surface area (Å²) < 4.78 is 67.6. The highest BCUT2D eigenvalue weighted by Crippen LogP contribution is 2.30. The van der Waals surface area contributed by atoms with E-state index in [0.29, 0.717) is 22.2 Å². The molecule has 0 aliphatic heterocycles. The molecule has 1 atom stereocenters. The fraction of sp³-hybridized carbons (Fsp3) is 0.250. The third kappa shape index (κ3) is 4.60. The Hall–Kier alpha value is -3.23. The maximum Gasteiger partial charge on any atom is 0.516 e. The van der Waals surface area contributed by atoms with Gasteiger partial charge in [-0.2, -0.15) is 21.6 Å². The average Bonchev–Trinajstić information content (AvgIpc) is 3.04. The lowest BCUT2D eigenvalue weighted by molar-refractivity contribution is -0.119. The maximum absolute atomic E-state index is 12.5. The number of benzene rings is 1. The third-order valence-corrected chi connectivity index (χ3v) is 5.59. The molecular formula is C20H17F3N2O5S. The smallest absolute Gasteiger partial charge is 0.497 e. The van der Waals surface area contributed by atoms with Gasteiger partial charge in [0, 0.05) is 11.6 Å². The third-order valence-electron chi connectivity index (χ3n) is 4.49. The standard InChI is InChI=1S/C20H17F3N2O5S/c1-12-3-5-13(6-4-12)19(27)25-11-14(16-10-15(30-2)7-8-17(16)25)9-18(26)24-31(28,29)20(21,22)23/h3,5,7-8,10-11,19,27H,9H2,1-2H3,(H,24,26). The molecule has 3 rings (SSSR count). The quantitative estimate of drug-likeness (QED) is 0.597.